The Hall–Kier alpha value is -1.14. The Morgan fingerprint density at radius 2 is 1.96 bits per heavy atom. The Bertz CT molecular complexity index is 630. The molecule has 25 heavy (non-hydrogen) atoms. The summed E-state index contributed by atoms with van der Waals surface area (Å²) in [6.45, 7) is 2.63. The zero-order valence-corrected chi connectivity index (χ0v) is 16.1. The molecule has 1 spiro atoms. The Kier molecular flexibility index (Phi) is 4.75. The van der Waals surface area contributed by atoms with Crippen LogP contribution in [0.3, 0.4) is 0 Å². The van der Waals surface area contributed by atoms with E-state index in [2.05, 4.69) is 30.7 Å². The number of hydrogen-bond acceptors (Lipinski definition) is 4. The van der Waals surface area contributed by atoms with Gasteiger partial charge >= 0.3 is 0 Å². The molecule has 5 nitrogen and oxygen atoms in total. The summed E-state index contributed by atoms with van der Waals surface area (Å²) in [5.74, 6) is 1.31. The molecule has 1 aromatic heterocycles. The zero-order valence-electron chi connectivity index (χ0n) is 14.5. The molecule has 2 aliphatic heterocycles. The van der Waals surface area contributed by atoms with Gasteiger partial charge in [0.2, 0.25) is 5.91 Å². The molecule has 2 saturated heterocycles. The van der Waals surface area contributed by atoms with Crippen LogP contribution >= 0.6 is 15.9 Å². The molecule has 0 bridgehead atoms. The third-order valence-electron chi connectivity index (χ3n) is 6.27. The van der Waals surface area contributed by atoms with Crippen LogP contribution < -0.4 is 4.90 Å². The summed E-state index contributed by atoms with van der Waals surface area (Å²) in [5.41, 5.74) is -0.233. The SMILES string of the molecule is O=C1N(C2CCC(O)CC2)CC[C@@]12CCCN(c1ccc(Br)cn1)C2. The summed E-state index contributed by atoms with van der Waals surface area (Å²) in [6, 6.07) is 4.37. The Morgan fingerprint density at radius 3 is 2.68 bits per heavy atom. The van der Waals surface area contributed by atoms with E-state index in [1.54, 1.807) is 0 Å². The van der Waals surface area contributed by atoms with Gasteiger partial charge in [0.1, 0.15) is 5.82 Å². The molecule has 6 heteroatoms. The first-order chi connectivity index (χ1) is 12.1. The highest BCUT2D eigenvalue weighted by Gasteiger charge is 2.50. The van der Waals surface area contributed by atoms with Gasteiger partial charge in [0.25, 0.3) is 0 Å². The highest BCUT2D eigenvalue weighted by Crippen LogP contribution is 2.43. The number of aromatic nitrogens is 1. The van der Waals surface area contributed by atoms with Crippen LogP contribution in [0.25, 0.3) is 0 Å². The van der Waals surface area contributed by atoms with Gasteiger partial charge in [-0.05, 0) is 73.0 Å². The first-order valence-corrected chi connectivity index (χ1v) is 10.2. The molecule has 1 saturated carbocycles. The molecule has 0 aromatic carbocycles. The minimum atomic E-state index is -0.233. The van der Waals surface area contributed by atoms with Crippen LogP contribution in [0.15, 0.2) is 22.8 Å². The van der Waals surface area contributed by atoms with E-state index < -0.39 is 0 Å². The lowest BCUT2D eigenvalue weighted by molar-refractivity contribution is -0.139. The fourth-order valence-corrected chi connectivity index (χ4v) is 5.06. The number of nitrogens with zero attached hydrogens (tertiary/aromatic N) is 3. The molecule has 136 valence electrons. The number of hydrogen-bond donors (Lipinski definition) is 1. The topological polar surface area (TPSA) is 56.7 Å². The number of aliphatic hydroxyl groups excluding tert-OH is 1. The first kappa shape index (κ1) is 17.3. The smallest absolute Gasteiger partial charge is 0.230 e. The van der Waals surface area contributed by atoms with Crippen LogP contribution in [0.2, 0.25) is 0 Å². The lowest BCUT2D eigenvalue weighted by Crippen LogP contribution is -2.50. The fourth-order valence-electron chi connectivity index (χ4n) is 4.83. The number of rotatable bonds is 2. The van der Waals surface area contributed by atoms with E-state index in [1.807, 2.05) is 18.3 Å². The lowest BCUT2D eigenvalue weighted by Gasteiger charge is -2.41. The van der Waals surface area contributed by atoms with Gasteiger partial charge in [-0.3, -0.25) is 4.79 Å². The molecule has 3 heterocycles. The summed E-state index contributed by atoms with van der Waals surface area (Å²) in [7, 11) is 0. The minimum absolute atomic E-state index is 0.170. The van der Waals surface area contributed by atoms with E-state index in [-0.39, 0.29) is 11.5 Å². The van der Waals surface area contributed by atoms with Crippen molar-refractivity contribution in [2.24, 2.45) is 5.41 Å². The molecule has 1 amide bonds. The minimum Gasteiger partial charge on any atom is -0.393 e. The molecule has 1 aliphatic carbocycles. The van der Waals surface area contributed by atoms with Gasteiger partial charge in [-0.25, -0.2) is 4.98 Å². The van der Waals surface area contributed by atoms with E-state index in [0.717, 1.165) is 74.9 Å². The maximum absolute atomic E-state index is 13.3. The van der Waals surface area contributed by atoms with Crippen molar-refractivity contribution in [1.29, 1.82) is 0 Å². The number of anilines is 1. The summed E-state index contributed by atoms with van der Waals surface area (Å²) in [6.07, 6.45) is 8.20. The number of halogens is 1. The summed E-state index contributed by atoms with van der Waals surface area (Å²) < 4.78 is 0.977. The van der Waals surface area contributed by atoms with Gasteiger partial charge in [-0.1, -0.05) is 0 Å². The predicted octanol–water partition coefficient (Wildman–Crippen LogP) is 2.97. The molecule has 1 N–H and O–H groups in total. The maximum atomic E-state index is 13.3. The predicted molar refractivity (Wildman–Crippen MR) is 100 cm³/mol. The number of amides is 1. The van der Waals surface area contributed by atoms with Gasteiger partial charge in [0.05, 0.1) is 11.5 Å². The third-order valence-corrected chi connectivity index (χ3v) is 6.73. The highest BCUT2D eigenvalue weighted by molar-refractivity contribution is 9.10. The standard InChI is InChI=1S/C19H26BrN3O2/c20-14-2-7-17(21-12-14)22-10-1-8-19(13-22)9-11-23(18(19)25)15-3-5-16(24)6-4-15/h2,7,12,15-16,24H,1,3-6,8-11,13H2/t15?,16?,19-/m1/s1. The average Bonchev–Trinajstić information content (AvgIpc) is 2.93. The van der Waals surface area contributed by atoms with E-state index in [1.165, 1.54) is 0 Å². The van der Waals surface area contributed by atoms with Gasteiger partial charge in [-0.15, -0.1) is 0 Å². The molecule has 4 rings (SSSR count). The monoisotopic (exact) mass is 407 g/mol. The van der Waals surface area contributed by atoms with Crippen molar-refractivity contribution >= 4 is 27.7 Å². The van der Waals surface area contributed by atoms with Crippen molar-refractivity contribution in [3.8, 4) is 0 Å². The molecule has 0 unspecified atom stereocenters. The molecular formula is C19H26BrN3O2. The van der Waals surface area contributed by atoms with Crippen molar-refractivity contribution in [1.82, 2.24) is 9.88 Å². The number of carbonyl (C=O) groups is 1. The van der Waals surface area contributed by atoms with Gasteiger partial charge in [0.15, 0.2) is 0 Å². The molecule has 1 atom stereocenters. The van der Waals surface area contributed by atoms with Gasteiger partial charge < -0.3 is 14.9 Å². The van der Waals surface area contributed by atoms with E-state index in [4.69, 9.17) is 0 Å². The van der Waals surface area contributed by atoms with Crippen molar-refractivity contribution < 1.29 is 9.90 Å². The highest BCUT2D eigenvalue weighted by atomic mass is 79.9. The van der Waals surface area contributed by atoms with Crippen molar-refractivity contribution in [2.45, 2.75) is 57.1 Å². The van der Waals surface area contributed by atoms with Crippen molar-refractivity contribution in [2.75, 3.05) is 24.5 Å². The van der Waals surface area contributed by atoms with Crippen LogP contribution in [-0.4, -0.2) is 52.7 Å². The third kappa shape index (κ3) is 3.31. The quantitative estimate of drug-likeness (QED) is 0.818. The second-order valence-electron chi connectivity index (χ2n) is 7.85. The van der Waals surface area contributed by atoms with Crippen molar-refractivity contribution in [3.63, 3.8) is 0 Å². The van der Waals surface area contributed by atoms with Crippen LogP contribution in [0.4, 0.5) is 5.82 Å². The summed E-state index contributed by atoms with van der Waals surface area (Å²) in [4.78, 5) is 22.2. The number of carbonyl (C=O) groups excluding carboxylic acids is 1. The van der Waals surface area contributed by atoms with Gasteiger partial charge in [0, 0.05) is 36.3 Å². The number of likely N-dealkylation sites (tertiary alicyclic amines) is 1. The van der Waals surface area contributed by atoms with Crippen LogP contribution in [-0.2, 0) is 4.79 Å². The molecular weight excluding hydrogens is 382 g/mol. The number of pyridine rings is 1. The van der Waals surface area contributed by atoms with Crippen LogP contribution in [0.1, 0.15) is 44.9 Å². The molecule has 3 aliphatic rings. The second kappa shape index (κ2) is 6.88. The van der Waals surface area contributed by atoms with E-state index >= 15 is 0 Å². The fraction of sp³-hybridized carbons (Fsp3) is 0.684. The van der Waals surface area contributed by atoms with E-state index in [0.29, 0.717) is 11.9 Å². The Balaban J connectivity index is 1.48. The summed E-state index contributed by atoms with van der Waals surface area (Å²) in [5, 5.41) is 9.74. The average molecular weight is 408 g/mol. The molecule has 3 fully saturated rings. The number of piperidine rings is 1. The largest absolute Gasteiger partial charge is 0.393 e. The van der Waals surface area contributed by atoms with Gasteiger partial charge in [-0.2, -0.15) is 0 Å². The molecule has 1 aromatic rings. The maximum Gasteiger partial charge on any atom is 0.230 e. The van der Waals surface area contributed by atoms with Crippen molar-refractivity contribution in [3.05, 3.63) is 22.8 Å². The lowest BCUT2D eigenvalue weighted by atomic mass is 9.78. The second-order valence-corrected chi connectivity index (χ2v) is 8.77. The van der Waals surface area contributed by atoms with Crippen LogP contribution in [0.5, 0.6) is 0 Å². The Labute approximate surface area is 157 Å². The normalized spacial score (nSPS) is 33.3. The molecule has 0 radical (unpaired) electrons. The van der Waals surface area contributed by atoms with E-state index in [9.17, 15) is 9.90 Å². The number of aliphatic hydroxyl groups is 1. The summed E-state index contributed by atoms with van der Waals surface area (Å²) >= 11 is 3.44. The first-order valence-electron chi connectivity index (χ1n) is 9.43. The zero-order chi connectivity index (χ0) is 17.4. The Morgan fingerprint density at radius 1 is 1.16 bits per heavy atom. The van der Waals surface area contributed by atoms with Crippen LogP contribution in [0, 0.1) is 5.41 Å².